The molecule has 1 saturated heterocycles. The van der Waals surface area contributed by atoms with Crippen LogP contribution in [0.4, 0.5) is 10.5 Å². The first kappa shape index (κ1) is 11.9. The summed E-state index contributed by atoms with van der Waals surface area (Å²) < 4.78 is 0. The maximum atomic E-state index is 11.5. The summed E-state index contributed by atoms with van der Waals surface area (Å²) in [6.07, 6.45) is 1.13. The molecule has 4 heteroatoms. The van der Waals surface area contributed by atoms with Crippen molar-refractivity contribution in [3.8, 4) is 0 Å². The van der Waals surface area contributed by atoms with E-state index in [0.29, 0.717) is 0 Å². The molecule has 1 aliphatic heterocycles. The van der Waals surface area contributed by atoms with Gasteiger partial charge >= 0.3 is 6.03 Å². The van der Waals surface area contributed by atoms with Gasteiger partial charge in [0.1, 0.15) is 0 Å². The summed E-state index contributed by atoms with van der Waals surface area (Å²) in [6.45, 7) is 5.52. The molecule has 92 valence electrons. The Labute approximate surface area is 102 Å². The van der Waals surface area contributed by atoms with Crippen molar-refractivity contribution in [1.29, 1.82) is 0 Å². The Hall–Kier alpha value is -1.55. The fourth-order valence-corrected chi connectivity index (χ4v) is 1.96. The number of anilines is 1. The van der Waals surface area contributed by atoms with Gasteiger partial charge in [-0.05, 0) is 30.7 Å². The fourth-order valence-electron chi connectivity index (χ4n) is 1.96. The molecule has 2 rings (SSSR count). The molecule has 0 unspecified atom stereocenters. The summed E-state index contributed by atoms with van der Waals surface area (Å²) in [5.41, 5.74) is 2.20. The van der Waals surface area contributed by atoms with E-state index in [1.807, 2.05) is 12.1 Å². The number of urea groups is 1. The molecule has 2 N–H and O–H groups in total. The van der Waals surface area contributed by atoms with Crippen LogP contribution in [0, 0.1) is 0 Å². The average molecular weight is 233 g/mol. The van der Waals surface area contributed by atoms with Gasteiger partial charge in [-0.15, -0.1) is 0 Å². The van der Waals surface area contributed by atoms with Crippen LogP contribution in [0.1, 0.15) is 18.9 Å². The largest absolute Gasteiger partial charge is 0.336 e. The van der Waals surface area contributed by atoms with Gasteiger partial charge in [0.05, 0.1) is 0 Å². The van der Waals surface area contributed by atoms with Crippen LogP contribution in [-0.4, -0.2) is 25.7 Å². The molecule has 17 heavy (non-hydrogen) atoms. The fraction of sp³-hybridized carbons (Fsp3) is 0.462. The molecule has 1 heterocycles. The van der Waals surface area contributed by atoms with E-state index in [1.165, 1.54) is 5.56 Å². The lowest BCUT2D eigenvalue weighted by Gasteiger charge is -2.15. The highest BCUT2D eigenvalue weighted by molar-refractivity contribution is 5.94. The number of benzene rings is 1. The third-order valence-corrected chi connectivity index (χ3v) is 2.83. The van der Waals surface area contributed by atoms with Gasteiger partial charge in [0.25, 0.3) is 0 Å². The van der Waals surface area contributed by atoms with Crippen LogP contribution in [0.2, 0.25) is 0 Å². The van der Waals surface area contributed by atoms with Crippen molar-refractivity contribution in [3.05, 3.63) is 29.8 Å². The molecule has 1 aromatic carbocycles. The lowest BCUT2D eigenvalue weighted by atomic mass is 10.2. The molecular formula is C13H19N3O. The van der Waals surface area contributed by atoms with E-state index < -0.39 is 0 Å². The first-order chi connectivity index (χ1) is 8.31. The number of nitrogens with zero attached hydrogens (tertiary/aromatic N) is 1. The third-order valence-electron chi connectivity index (χ3n) is 2.83. The first-order valence-corrected chi connectivity index (χ1v) is 6.16. The van der Waals surface area contributed by atoms with Crippen molar-refractivity contribution in [2.45, 2.75) is 19.9 Å². The number of nitrogens with one attached hydrogen (secondary N) is 2. The van der Waals surface area contributed by atoms with Crippen LogP contribution in [0.3, 0.4) is 0 Å². The lowest BCUT2D eigenvalue weighted by Crippen LogP contribution is -2.27. The Morgan fingerprint density at radius 2 is 2.35 bits per heavy atom. The van der Waals surface area contributed by atoms with Gasteiger partial charge < -0.3 is 10.6 Å². The Morgan fingerprint density at radius 3 is 3.06 bits per heavy atom. The second-order valence-electron chi connectivity index (χ2n) is 4.23. The third kappa shape index (κ3) is 2.97. The van der Waals surface area contributed by atoms with Crippen LogP contribution in [0.5, 0.6) is 0 Å². The van der Waals surface area contributed by atoms with E-state index in [9.17, 15) is 4.79 Å². The average Bonchev–Trinajstić information content (AvgIpc) is 2.76. The monoisotopic (exact) mass is 233 g/mol. The van der Waals surface area contributed by atoms with Gasteiger partial charge in [0.15, 0.2) is 0 Å². The van der Waals surface area contributed by atoms with Gasteiger partial charge in [-0.1, -0.05) is 19.1 Å². The van der Waals surface area contributed by atoms with Crippen LogP contribution in [-0.2, 0) is 6.54 Å². The Bertz CT molecular complexity index is 392. The van der Waals surface area contributed by atoms with E-state index in [-0.39, 0.29) is 6.03 Å². The topological polar surface area (TPSA) is 44.4 Å². The zero-order valence-electron chi connectivity index (χ0n) is 10.2. The number of rotatable bonds is 5. The summed E-state index contributed by atoms with van der Waals surface area (Å²) in [5.74, 6) is 0. The standard InChI is InChI=1S/C13H19N3O/c1-2-6-14-10-11-4-3-5-12(9-11)16-8-7-15-13(16)17/h3-5,9,14H,2,6-8,10H2,1H3,(H,15,17). The molecule has 0 radical (unpaired) electrons. The number of carbonyl (C=O) groups is 1. The minimum Gasteiger partial charge on any atom is -0.336 e. The molecule has 0 aromatic heterocycles. The first-order valence-electron chi connectivity index (χ1n) is 6.16. The van der Waals surface area contributed by atoms with E-state index in [4.69, 9.17) is 0 Å². The number of hydrogen-bond acceptors (Lipinski definition) is 2. The zero-order valence-corrected chi connectivity index (χ0v) is 10.2. The van der Waals surface area contributed by atoms with Gasteiger partial charge in [-0.25, -0.2) is 4.79 Å². The predicted molar refractivity (Wildman–Crippen MR) is 69.2 cm³/mol. The molecule has 1 fully saturated rings. The SMILES string of the molecule is CCCNCc1cccc(N2CCNC2=O)c1. The minimum atomic E-state index is 0.00340. The van der Waals surface area contributed by atoms with Crippen molar-refractivity contribution in [2.24, 2.45) is 0 Å². The molecule has 2 amide bonds. The van der Waals surface area contributed by atoms with Crippen LogP contribution in [0.15, 0.2) is 24.3 Å². The van der Waals surface area contributed by atoms with Gasteiger partial charge in [0.2, 0.25) is 0 Å². The minimum absolute atomic E-state index is 0.00340. The van der Waals surface area contributed by atoms with Gasteiger partial charge in [-0.2, -0.15) is 0 Å². The molecule has 0 bridgehead atoms. The number of amides is 2. The van der Waals surface area contributed by atoms with E-state index in [0.717, 1.165) is 38.3 Å². The van der Waals surface area contributed by atoms with Crippen LogP contribution < -0.4 is 15.5 Å². The Kier molecular flexibility index (Phi) is 3.98. The summed E-state index contributed by atoms with van der Waals surface area (Å²) in [6, 6.07) is 8.15. The van der Waals surface area contributed by atoms with Crippen molar-refractivity contribution >= 4 is 11.7 Å². The summed E-state index contributed by atoms with van der Waals surface area (Å²) in [7, 11) is 0. The Morgan fingerprint density at radius 1 is 1.47 bits per heavy atom. The number of carbonyl (C=O) groups excluding carboxylic acids is 1. The molecule has 1 aromatic rings. The quantitative estimate of drug-likeness (QED) is 0.760. The van der Waals surface area contributed by atoms with Crippen molar-refractivity contribution < 1.29 is 4.79 Å². The Balaban J connectivity index is 2.03. The van der Waals surface area contributed by atoms with E-state index >= 15 is 0 Å². The highest BCUT2D eigenvalue weighted by atomic mass is 16.2. The summed E-state index contributed by atoms with van der Waals surface area (Å²) in [4.78, 5) is 13.3. The molecule has 0 aliphatic carbocycles. The second-order valence-corrected chi connectivity index (χ2v) is 4.23. The predicted octanol–water partition coefficient (Wildman–Crippen LogP) is 1.72. The van der Waals surface area contributed by atoms with Crippen LogP contribution in [0.25, 0.3) is 0 Å². The van der Waals surface area contributed by atoms with Crippen molar-refractivity contribution in [2.75, 3.05) is 24.5 Å². The summed E-state index contributed by atoms with van der Waals surface area (Å²) >= 11 is 0. The normalized spacial score (nSPS) is 15.1. The molecule has 1 aliphatic rings. The molecule has 4 nitrogen and oxygen atoms in total. The van der Waals surface area contributed by atoms with Crippen LogP contribution >= 0.6 is 0 Å². The maximum Gasteiger partial charge on any atom is 0.321 e. The molecule has 0 spiro atoms. The smallest absolute Gasteiger partial charge is 0.321 e. The molecule has 0 atom stereocenters. The van der Waals surface area contributed by atoms with Crippen molar-refractivity contribution in [1.82, 2.24) is 10.6 Å². The van der Waals surface area contributed by atoms with Crippen molar-refractivity contribution in [3.63, 3.8) is 0 Å². The number of hydrogen-bond donors (Lipinski definition) is 2. The molecule has 0 saturated carbocycles. The zero-order chi connectivity index (χ0) is 12.1. The maximum absolute atomic E-state index is 11.5. The highest BCUT2D eigenvalue weighted by Gasteiger charge is 2.20. The van der Waals surface area contributed by atoms with Gasteiger partial charge in [-0.3, -0.25) is 4.90 Å². The highest BCUT2D eigenvalue weighted by Crippen LogP contribution is 2.17. The van der Waals surface area contributed by atoms with E-state index in [1.54, 1.807) is 4.90 Å². The molecular weight excluding hydrogens is 214 g/mol. The van der Waals surface area contributed by atoms with E-state index in [2.05, 4.69) is 29.7 Å². The lowest BCUT2D eigenvalue weighted by molar-refractivity contribution is 0.252. The summed E-state index contributed by atoms with van der Waals surface area (Å²) in [5, 5.41) is 6.17. The second kappa shape index (κ2) is 5.68. The van der Waals surface area contributed by atoms with Gasteiger partial charge in [0, 0.05) is 25.3 Å².